The van der Waals surface area contributed by atoms with E-state index < -0.39 is 11.8 Å². The van der Waals surface area contributed by atoms with Gasteiger partial charge in [0.15, 0.2) is 0 Å². The second-order valence-electron chi connectivity index (χ2n) is 3.81. The van der Waals surface area contributed by atoms with Crippen LogP contribution in [0.3, 0.4) is 0 Å². The molecule has 2 aromatic rings. The Balaban J connectivity index is 2.54. The molecule has 0 amide bonds. The van der Waals surface area contributed by atoms with Crippen molar-refractivity contribution in [1.82, 2.24) is 15.0 Å². The summed E-state index contributed by atoms with van der Waals surface area (Å²) in [6.07, 6.45) is 2.26. The van der Waals surface area contributed by atoms with E-state index in [9.17, 15) is 9.18 Å². The van der Waals surface area contributed by atoms with Gasteiger partial charge in [-0.2, -0.15) is 0 Å². The van der Waals surface area contributed by atoms with E-state index >= 15 is 0 Å². The number of aromatic nitrogens is 3. The summed E-state index contributed by atoms with van der Waals surface area (Å²) >= 11 is 0. The van der Waals surface area contributed by atoms with Crippen LogP contribution in [0.5, 0.6) is 0 Å². The lowest BCUT2D eigenvalue weighted by Gasteiger charge is -2.07. The topological polar surface area (TPSA) is 68.0 Å². The Morgan fingerprint density at radius 2 is 2.28 bits per heavy atom. The van der Waals surface area contributed by atoms with E-state index in [4.69, 9.17) is 5.11 Å². The highest BCUT2D eigenvalue weighted by molar-refractivity contribution is 5.89. The van der Waals surface area contributed by atoms with Crippen LogP contribution in [-0.2, 0) is 6.54 Å². The lowest BCUT2D eigenvalue weighted by Crippen LogP contribution is -2.05. The average molecular weight is 249 g/mol. The summed E-state index contributed by atoms with van der Waals surface area (Å²) in [5, 5.41) is 16.5. The number of benzene rings is 1. The van der Waals surface area contributed by atoms with Gasteiger partial charge < -0.3 is 5.11 Å². The summed E-state index contributed by atoms with van der Waals surface area (Å²) in [7, 11) is 0. The Morgan fingerprint density at radius 1 is 1.50 bits per heavy atom. The smallest absolute Gasteiger partial charge is 0.338 e. The molecule has 0 aliphatic carbocycles. The molecule has 0 saturated heterocycles. The highest BCUT2D eigenvalue weighted by Gasteiger charge is 2.17. The van der Waals surface area contributed by atoms with Gasteiger partial charge in [-0.05, 0) is 18.6 Å². The van der Waals surface area contributed by atoms with Crippen LogP contribution in [0.4, 0.5) is 4.39 Å². The fourth-order valence-corrected chi connectivity index (χ4v) is 1.74. The maximum absolute atomic E-state index is 14.1. The van der Waals surface area contributed by atoms with Gasteiger partial charge >= 0.3 is 5.97 Å². The van der Waals surface area contributed by atoms with Crippen LogP contribution in [0.25, 0.3) is 11.3 Å². The van der Waals surface area contributed by atoms with E-state index in [1.807, 2.05) is 6.92 Å². The molecular formula is C12H12FN3O2. The van der Waals surface area contributed by atoms with Gasteiger partial charge in [-0.15, -0.1) is 5.10 Å². The van der Waals surface area contributed by atoms with Crippen molar-refractivity contribution in [2.45, 2.75) is 19.9 Å². The third kappa shape index (κ3) is 2.09. The molecule has 6 heteroatoms. The molecule has 1 aromatic heterocycles. The van der Waals surface area contributed by atoms with E-state index in [2.05, 4.69) is 10.3 Å². The Hall–Kier alpha value is -2.24. The molecule has 0 saturated carbocycles. The summed E-state index contributed by atoms with van der Waals surface area (Å²) in [5.41, 5.74) is 0.336. The molecule has 0 bridgehead atoms. The first kappa shape index (κ1) is 12.2. The van der Waals surface area contributed by atoms with E-state index in [-0.39, 0.29) is 11.1 Å². The molecule has 94 valence electrons. The Labute approximate surface area is 103 Å². The van der Waals surface area contributed by atoms with Gasteiger partial charge in [-0.25, -0.2) is 13.9 Å². The molecule has 0 radical (unpaired) electrons. The molecule has 5 nitrogen and oxygen atoms in total. The molecule has 1 aromatic carbocycles. The van der Waals surface area contributed by atoms with Gasteiger partial charge in [-0.1, -0.05) is 18.2 Å². The van der Waals surface area contributed by atoms with Crippen LogP contribution in [0.15, 0.2) is 24.4 Å². The molecule has 1 heterocycles. The monoisotopic (exact) mass is 249 g/mol. The standard InChI is InChI=1S/C12H12FN3O2/c1-2-6-16-10(7-14-15-16)8-4-3-5-9(11(8)13)12(17)18/h3-5,7H,2,6H2,1H3,(H,17,18). The zero-order chi connectivity index (χ0) is 13.1. The van der Waals surface area contributed by atoms with Gasteiger partial charge in [0.1, 0.15) is 5.82 Å². The number of carboxylic acid groups (broad SMARTS) is 1. The summed E-state index contributed by atoms with van der Waals surface area (Å²) < 4.78 is 15.6. The van der Waals surface area contributed by atoms with E-state index in [0.717, 1.165) is 6.42 Å². The number of carbonyl (C=O) groups is 1. The normalized spacial score (nSPS) is 10.6. The first-order valence-corrected chi connectivity index (χ1v) is 5.55. The molecule has 2 rings (SSSR count). The van der Waals surface area contributed by atoms with Crippen LogP contribution in [0.1, 0.15) is 23.7 Å². The highest BCUT2D eigenvalue weighted by atomic mass is 19.1. The van der Waals surface area contributed by atoms with Crippen molar-refractivity contribution in [3.63, 3.8) is 0 Å². The van der Waals surface area contributed by atoms with Gasteiger partial charge in [-0.3, -0.25) is 0 Å². The number of halogens is 1. The lowest BCUT2D eigenvalue weighted by molar-refractivity contribution is 0.0692. The van der Waals surface area contributed by atoms with Crippen molar-refractivity contribution >= 4 is 5.97 Å². The second kappa shape index (κ2) is 4.95. The van der Waals surface area contributed by atoms with E-state index in [0.29, 0.717) is 12.2 Å². The first-order chi connectivity index (χ1) is 8.65. The van der Waals surface area contributed by atoms with E-state index in [1.165, 1.54) is 24.4 Å². The molecule has 0 fully saturated rings. The van der Waals surface area contributed by atoms with Crippen LogP contribution in [-0.4, -0.2) is 26.1 Å². The van der Waals surface area contributed by atoms with E-state index in [1.54, 1.807) is 4.68 Å². The van der Waals surface area contributed by atoms with Crippen LogP contribution in [0.2, 0.25) is 0 Å². The Bertz CT molecular complexity index is 580. The summed E-state index contributed by atoms with van der Waals surface area (Å²) in [4.78, 5) is 10.9. The molecule has 18 heavy (non-hydrogen) atoms. The molecule has 0 aliphatic rings. The Morgan fingerprint density at radius 3 is 2.94 bits per heavy atom. The maximum Gasteiger partial charge on any atom is 0.338 e. The predicted octanol–water partition coefficient (Wildman–Crippen LogP) is 2.19. The van der Waals surface area contributed by atoms with Crippen LogP contribution in [0, 0.1) is 5.82 Å². The van der Waals surface area contributed by atoms with Gasteiger partial charge in [0.2, 0.25) is 0 Å². The number of nitrogens with zero attached hydrogens (tertiary/aromatic N) is 3. The van der Waals surface area contributed by atoms with Crippen LogP contribution < -0.4 is 0 Å². The summed E-state index contributed by atoms with van der Waals surface area (Å²) in [6, 6.07) is 4.26. The minimum absolute atomic E-state index is 0.202. The van der Waals surface area contributed by atoms with Crippen molar-refractivity contribution in [2.75, 3.05) is 0 Å². The van der Waals surface area contributed by atoms with Crippen molar-refractivity contribution in [1.29, 1.82) is 0 Å². The van der Waals surface area contributed by atoms with Gasteiger partial charge in [0.25, 0.3) is 0 Å². The first-order valence-electron chi connectivity index (χ1n) is 5.55. The highest BCUT2D eigenvalue weighted by Crippen LogP contribution is 2.24. The van der Waals surface area contributed by atoms with Crippen molar-refractivity contribution < 1.29 is 14.3 Å². The zero-order valence-corrected chi connectivity index (χ0v) is 9.80. The van der Waals surface area contributed by atoms with Crippen molar-refractivity contribution in [2.24, 2.45) is 0 Å². The molecule has 1 N–H and O–H groups in total. The third-order valence-corrected chi connectivity index (χ3v) is 2.56. The number of hydrogen-bond acceptors (Lipinski definition) is 3. The zero-order valence-electron chi connectivity index (χ0n) is 9.80. The fraction of sp³-hybridized carbons (Fsp3) is 0.250. The minimum Gasteiger partial charge on any atom is -0.478 e. The number of aromatic carboxylic acids is 1. The maximum atomic E-state index is 14.1. The van der Waals surface area contributed by atoms with Gasteiger partial charge in [0, 0.05) is 12.1 Å². The minimum atomic E-state index is -1.29. The molecular weight excluding hydrogens is 237 g/mol. The Kier molecular flexibility index (Phi) is 3.36. The largest absolute Gasteiger partial charge is 0.478 e. The SMILES string of the molecule is CCCn1nncc1-c1cccc(C(=O)O)c1F. The summed E-state index contributed by atoms with van der Waals surface area (Å²) in [6.45, 7) is 2.57. The number of rotatable bonds is 4. The number of hydrogen-bond donors (Lipinski definition) is 1. The molecule has 0 spiro atoms. The average Bonchev–Trinajstić information content (AvgIpc) is 2.77. The third-order valence-electron chi connectivity index (χ3n) is 2.56. The molecule has 0 atom stereocenters. The van der Waals surface area contributed by atoms with Crippen LogP contribution >= 0.6 is 0 Å². The van der Waals surface area contributed by atoms with Crippen molar-refractivity contribution in [3.05, 3.63) is 35.8 Å². The quantitative estimate of drug-likeness (QED) is 0.901. The predicted molar refractivity (Wildman–Crippen MR) is 62.7 cm³/mol. The summed E-state index contributed by atoms with van der Waals surface area (Å²) in [5.74, 6) is -2.05. The van der Waals surface area contributed by atoms with Gasteiger partial charge in [0.05, 0.1) is 17.5 Å². The molecule has 0 unspecified atom stereocenters. The fourth-order valence-electron chi connectivity index (χ4n) is 1.74. The lowest BCUT2D eigenvalue weighted by atomic mass is 10.1. The molecule has 0 aliphatic heterocycles. The number of aryl methyl sites for hydroxylation is 1. The van der Waals surface area contributed by atoms with Crippen molar-refractivity contribution in [3.8, 4) is 11.3 Å². The second-order valence-corrected chi connectivity index (χ2v) is 3.81. The number of carboxylic acids is 1.